The third kappa shape index (κ3) is 14.3. The molecule has 3 aliphatic carbocycles. The summed E-state index contributed by atoms with van der Waals surface area (Å²) in [5.41, 5.74) is 2.76. The van der Waals surface area contributed by atoms with Crippen molar-refractivity contribution in [2.24, 2.45) is 23.2 Å². The lowest BCUT2D eigenvalue weighted by molar-refractivity contribution is -0.127. The van der Waals surface area contributed by atoms with Crippen molar-refractivity contribution in [3.05, 3.63) is 47.6 Å². The minimum atomic E-state index is -0.668. The third-order valence-electron chi connectivity index (χ3n) is 13.1. The number of carbonyl (C=O) groups excluding carboxylic acids is 3. The van der Waals surface area contributed by atoms with Gasteiger partial charge in [0.2, 0.25) is 11.8 Å². The van der Waals surface area contributed by atoms with E-state index < -0.39 is 16.7 Å². The standard InChI is InChI=1S/C47H76N4O6/c1-33-15-18-37(31-36(33)17-16-35-14-11-25-47(9)38(19-20-39(35)47)34(2)13-10-24-45(5,6)55)56-29-12-27-49-42(53)32-46(7,8)57-30-26-44(3,4)50-41(52)23-28-51-40(48)21-22-43(51)54/h16-17,21-22,34,37-39,48,55H,1,10-15,18-20,23-32H2,2-9H3,(H,49,53)(H,50,52)/b35-16+,36-17-,48-40?/t34-,37+,38?,39+,47-/m1/s1. The molecule has 1 unspecified atom stereocenters. The Morgan fingerprint density at radius 3 is 2.51 bits per heavy atom. The Labute approximate surface area is 344 Å². The van der Waals surface area contributed by atoms with Crippen molar-refractivity contribution in [1.29, 1.82) is 5.41 Å². The highest BCUT2D eigenvalue weighted by Crippen LogP contribution is 2.60. The van der Waals surface area contributed by atoms with Crippen LogP contribution < -0.4 is 10.6 Å². The van der Waals surface area contributed by atoms with Crippen molar-refractivity contribution < 1.29 is 29.0 Å². The minimum absolute atomic E-state index is 0.0658. The SMILES string of the molecule is C=C1CC[C@H](OCCCNC(=O)CC(C)(C)OCCC(C)(C)NC(=O)CCN2C(=N)C=CC2=O)C/C1=C/C=C1\CCC[C@]2(C)C([C@H](C)CCCC(C)(C)O)CC[C@@H]12. The molecule has 1 aliphatic heterocycles. The Balaban J connectivity index is 1.13. The number of nitrogens with one attached hydrogen (secondary N) is 3. The molecular formula is C47H76N4O6. The van der Waals surface area contributed by atoms with E-state index in [0.29, 0.717) is 43.4 Å². The molecule has 3 amide bonds. The smallest absolute Gasteiger partial charge is 0.252 e. The van der Waals surface area contributed by atoms with Gasteiger partial charge in [-0.25, -0.2) is 0 Å². The molecule has 57 heavy (non-hydrogen) atoms. The van der Waals surface area contributed by atoms with Crippen molar-refractivity contribution in [3.63, 3.8) is 0 Å². The summed E-state index contributed by atoms with van der Waals surface area (Å²) in [6, 6.07) is 0. The fourth-order valence-electron chi connectivity index (χ4n) is 9.82. The van der Waals surface area contributed by atoms with Crippen LogP contribution in [0.5, 0.6) is 0 Å². The number of amides is 3. The van der Waals surface area contributed by atoms with E-state index in [1.807, 2.05) is 41.5 Å². The summed E-state index contributed by atoms with van der Waals surface area (Å²) in [6.45, 7) is 22.6. The molecule has 10 heteroatoms. The topological polar surface area (TPSA) is 141 Å². The maximum absolute atomic E-state index is 12.8. The average Bonchev–Trinajstić information content (AvgIpc) is 3.63. The summed E-state index contributed by atoms with van der Waals surface area (Å²) in [6.07, 6.45) is 21.7. The molecule has 0 aromatic rings. The average molecular weight is 793 g/mol. The van der Waals surface area contributed by atoms with E-state index in [1.54, 1.807) is 5.57 Å². The van der Waals surface area contributed by atoms with E-state index in [-0.39, 0.29) is 49.0 Å². The van der Waals surface area contributed by atoms with Crippen LogP contribution in [0.3, 0.4) is 0 Å². The molecule has 4 N–H and O–H groups in total. The van der Waals surface area contributed by atoms with Gasteiger partial charge in [0.1, 0.15) is 5.84 Å². The van der Waals surface area contributed by atoms with Crippen molar-refractivity contribution in [2.45, 2.75) is 175 Å². The monoisotopic (exact) mass is 793 g/mol. The Hall–Kier alpha value is -3.08. The van der Waals surface area contributed by atoms with E-state index in [0.717, 1.165) is 44.4 Å². The van der Waals surface area contributed by atoms with Gasteiger partial charge in [-0.2, -0.15) is 0 Å². The molecule has 4 rings (SSSR count). The molecule has 3 saturated carbocycles. The number of hydrogen-bond acceptors (Lipinski definition) is 7. The molecule has 10 nitrogen and oxygen atoms in total. The number of amidine groups is 1. The number of fused-ring (bicyclic) bond motifs is 1. The fourth-order valence-corrected chi connectivity index (χ4v) is 9.82. The first kappa shape index (κ1) is 46.6. The van der Waals surface area contributed by atoms with Crippen LogP contribution in [-0.4, -0.2) is 82.7 Å². The van der Waals surface area contributed by atoms with Gasteiger partial charge in [-0.05, 0) is 147 Å². The van der Waals surface area contributed by atoms with Gasteiger partial charge in [-0.15, -0.1) is 0 Å². The first-order valence-corrected chi connectivity index (χ1v) is 21.9. The number of rotatable bonds is 21. The summed E-state index contributed by atoms with van der Waals surface area (Å²) in [4.78, 5) is 38.4. The van der Waals surface area contributed by atoms with Gasteiger partial charge in [0.05, 0.1) is 23.7 Å². The normalized spacial score (nSPS) is 26.4. The zero-order valence-corrected chi connectivity index (χ0v) is 36.7. The maximum atomic E-state index is 12.8. The molecule has 0 bridgehead atoms. The van der Waals surface area contributed by atoms with Gasteiger partial charge in [0, 0.05) is 44.3 Å². The van der Waals surface area contributed by atoms with Crippen LogP contribution in [0.4, 0.5) is 0 Å². The summed E-state index contributed by atoms with van der Waals surface area (Å²) in [5, 5.41) is 24.0. The second-order valence-corrected chi connectivity index (χ2v) is 19.7. The fraction of sp³-hybridized carbons (Fsp3) is 0.745. The Bertz CT molecular complexity index is 1520. The predicted molar refractivity (Wildman–Crippen MR) is 229 cm³/mol. The van der Waals surface area contributed by atoms with E-state index in [9.17, 15) is 19.5 Å². The number of allylic oxidation sites excluding steroid dienone is 4. The highest BCUT2D eigenvalue weighted by Gasteiger charge is 2.50. The van der Waals surface area contributed by atoms with E-state index in [4.69, 9.17) is 14.9 Å². The van der Waals surface area contributed by atoms with E-state index >= 15 is 0 Å². The van der Waals surface area contributed by atoms with Gasteiger partial charge < -0.3 is 25.2 Å². The number of aliphatic hydroxyl groups is 1. The molecule has 0 aromatic carbocycles. The summed E-state index contributed by atoms with van der Waals surface area (Å²) < 4.78 is 12.4. The van der Waals surface area contributed by atoms with Gasteiger partial charge in [0.15, 0.2) is 0 Å². The lowest BCUT2D eigenvalue weighted by Gasteiger charge is -2.44. The first-order valence-electron chi connectivity index (χ1n) is 21.9. The lowest BCUT2D eigenvalue weighted by atomic mass is 9.60. The third-order valence-corrected chi connectivity index (χ3v) is 13.1. The zero-order chi connectivity index (χ0) is 42.0. The van der Waals surface area contributed by atoms with Gasteiger partial charge in [-0.3, -0.25) is 24.7 Å². The molecular weight excluding hydrogens is 717 g/mol. The van der Waals surface area contributed by atoms with E-state index in [1.165, 1.54) is 66.7 Å². The Kier molecular flexibility index (Phi) is 16.6. The molecule has 0 radical (unpaired) electrons. The van der Waals surface area contributed by atoms with Gasteiger partial charge in [-0.1, -0.05) is 56.6 Å². The van der Waals surface area contributed by atoms with Crippen LogP contribution in [0, 0.1) is 28.6 Å². The molecule has 0 spiro atoms. The lowest BCUT2D eigenvalue weighted by Crippen LogP contribution is -2.46. The molecule has 4 aliphatic rings. The van der Waals surface area contributed by atoms with Crippen LogP contribution in [-0.2, 0) is 23.9 Å². The summed E-state index contributed by atoms with van der Waals surface area (Å²) in [7, 11) is 0. The molecule has 1 heterocycles. The summed E-state index contributed by atoms with van der Waals surface area (Å²) >= 11 is 0. The second kappa shape index (κ2) is 20.3. The van der Waals surface area contributed by atoms with Crippen LogP contribution in [0.25, 0.3) is 0 Å². The first-order chi connectivity index (χ1) is 26.7. The minimum Gasteiger partial charge on any atom is -0.390 e. The van der Waals surface area contributed by atoms with Crippen LogP contribution in [0.1, 0.15) is 152 Å². The van der Waals surface area contributed by atoms with Gasteiger partial charge >= 0.3 is 0 Å². The molecule has 0 saturated heterocycles. The van der Waals surface area contributed by atoms with E-state index in [2.05, 4.69) is 43.2 Å². The Morgan fingerprint density at radius 2 is 1.81 bits per heavy atom. The van der Waals surface area contributed by atoms with Crippen molar-refractivity contribution in [1.82, 2.24) is 15.5 Å². The van der Waals surface area contributed by atoms with Crippen LogP contribution in [0.2, 0.25) is 0 Å². The van der Waals surface area contributed by atoms with Crippen LogP contribution in [0.15, 0.2) is 47.6 Å². The number of ether oxygens (including phenoxy) is 2. The predicted octanol–water partition coefficient (Wildman–Crippen LogP) is 8.50. The molecule has 5 atom stereocenters. The molecule has 320 valence electrons. The highest BCUT2D eigenvalue weighted by molar-refractivity contribution is 6.14. The van der Waals surface area contributed by atoms with Gasteiger partial charge in [0.25, 0.3) is 5.91 Å². The quantitative estimate of drug-likeness (QED) is 0.0860. The number of carbonyl (C=O) groups is 3. The maximum Gasteiger partial charge on any atom is 0.252 e. The molecule has 0 aromatic heterocycles. The number of nitrogens with zero attached hydrogens (tertiary/aromatic N) is 1. The second-order valence-electron chi connectivity index (χ2n) is 19.7. The largest absolute Gasteiger partial charge is 0.390 e. The zero-order valence-electron chi connectivity index (χ0n) is 36.7. The van der Waals surface area contributed by atoms with Crippen molar-refractivity contribution in [2.75, 3.05) is 26.3 Å². The molecule has 3 fully saturated rings. The van der Waals surface area contributed by atoms with Crippen molar-refractivity contribution in [3.8, 4) is 0 Å². The number of hydrogen-bond donors (Lipinski definition) is 4. The van der Waals surface area contributed by atoms with Crippen molar-refractivity contribution >= 4 is 23.6 Å². The Morgan fingerprint density at radius 1 is 1.05 bits per heavy atom. The summed E-state index contributed by atoms with van der Waals surface area (Å²) in [5.74, 6) is 1.66. The highest BCUT2D eigenvalue weighted by atomic mass is 16.5. The van der Waals surface area contributed by atoms with Crippen LogP contribution >= 0.6 is 0 Å².